The largest absolute Gasteiger partial charge is 0.310 e. The van der Waals surface area contributed by atoms with Crippen molar-refractivity contribution in [3.63, 3.8) is 0 Å². The number of nitrogens with zero attached hydrogens (tertiary/aromatic N) is 2. The molecule has 9 aromatic carbocycles. The fourth-order valence-electron chi connectivity index (χ4n) is 9.64. The molecule has 0 aromatic heterocycles. The fraction of sp³-hybridized carbons (Fsp3) is 0.0169. The van der Waals surface area contributed by atoms with Crippen molar-refractivity contribution in [2.75, 3.05) is 4.90 Å². The van der Waals surface area contributed by atoms with Crippen LogP contribution in [0.15, 0.2) is 242 Å². The molecule has 1 spiro atoms. The summed E-state index contributed by atoms with van der Waals surface area (Å²) in [7, 11) is 0. The zero-order valence-electron chi connectivity index (χ0n) is 34.0. The van der Waals surface area contributed by atoms with Gasteiger partial charge in [-0.3, -0.25) is 4.99 Å². The van der Waals surface area contributed by atoms with Gasteiger partial charge in [0.15, 0.2) is 0 Å². The third-order valence-corrected chi connectivity index (χ3v) is 12.4. The fourth-order valence-corrected chi connectivity index (χ4v) is 9.64. The van der Waals surface area contributed by atoms with Crippen LogP contribution in [0.1, 0.15) is 38.9 Å². The highest BCUT2D eigenvalue weighted by Gasteiger charge is 2.51. The summed E-state index contributed by atoms with van der Waals surface area (Å²) in [6, 6.07) is 81.7. The first-order valence-electron chi connectivity index (χ1n) is 21.1. The highest BCUT2D eigenvalue weighted by Crippen LogP contribution is 2.63. The number of benzene rings is 9. The summed E-state index contributed by atoms with van der Waals surface area (Å²) in [4.78, 5) is 7.58. The Balaban J connectivity index is 1.03. The second-order valence-corrected chi connectivity index (χ2v) is 15.9. The highest BCUT2D eigenvalue weighted by atomic mass is 15.2. The molecule has 1 aliphatic heterocycles. The van der Waals surface area contributed by atoms with Crippen molar-refractivity contribution in [3.05, 3.63) is 276 Å². The van der Waals surface area contributed by atoms with Crippen LogP contribution in [0.5, 0.6) is 0 Å². The first-order valence-corrected chi connectivity index (χ1v) is 21.1. The Kier molecular flexibility index (Phi) is 9.21. The minimum atomic E-state index is -0.549. The molecule has 0 fully saturated rings. The molecule has 0 saturated heterocycles. The molecule has 9 aromatic rings. The molecule has 292 valence electrons. The van der Waals surface area contributed by atoms with Gasteiger partial charge in [0.2, 0.25) is 0 Å². The Hall–Kier alpha value is -8.14. The molecule has 0 amide bonds. The van der Waals surface area contributed by atoms with E-state index in [-0.39, 0.29) is 0 Å². The second-order valence-electron chi connectivity index (χ2n) is 15.9. The van der Waals surface area contributed by atoms with Gasteiger partial charge in [-0.1, -0.05) is 200 Å². The maximum atomic E-state index is 9.18. The summed E-state index contributed by atoms with van der Waals surface area (Å²) in [5.74, 6) is 0. The van der Waals surface area contributed by atoms with E-state index in [4.69, 9.17) is 4.99 Å². The van der Waals surface area contributed by atoms with Crippen LogP contribution in [0.25, 0.3) is 39.1 Å². The number of fused-ring (bicyclic) bond motifs is 9. The Morgan fingerprint density at radius 1 is 0.419 bits per heavy atom. The third kappa shape index (κ3) is 6.14. The summed E-state index contributed by atoms with van der Waals surface area (Å²) in [6.45, 7) is 0. The van der Waals surface area contributed by atoms with Crippen LogP contribution in [0, 0.1) is 5.41 Å². The standard InChI is InChI=1S/C59H41N3/c60-55(43-34-32-42(33-35-43)41-18-4-1-5-19-41)39-56(44-20-6-2-7-21-44)61-40-46-22-10-11-25-48(46)45-36-37-50-49-26-12-13-27-51(49)59(54(50)38-45)52-28-14-16-30-57(52)62(47-23-8-3-9-24-47)58-31-17-15-29-53(58)59/h1-40,60H/b56-39-,60-55?,61-40?. The summed E-state index contributed by atoms with van der Waals surface area (Å²) >= 11 is 0. The number of para-hydroxylation sites is 3. The van der Waals surface area contributed by atoms with Gasteiger partial charge < -0.3 is 10.3 Å². The predicted molar refractivity (Wildman–Crippen MR) is 258 cm³/mol. The third-order valence-electron chi connectivity index (χ3n) is 12.4. The Labute approximate surface area is 362 Å². The van der Waals surface area contributed by atoms with Crippen molar-refractivity contribution in [1.82, 2.24) is 0 Å². The van der Waals surface area contributed by atoms with Crippen molar-refractivity contribution in [3.8, 4) is 33.4 Å². The Bertz CT molecular complexity index is 3130. The van der Waals surface area contributed by atoms with Crippen LogP contribution in [0.4, 0.5) is 17.1 Å². The molecule has 2 aliphatic rings. The molecule has 0 bridgehead atoms. The van der Waals surface area contributed by atoms with E-state index in [1.807, 2.05) is 60.8 Å². The van der Waals surface area contributed by atoms with Gasteiger partial charge in [0.1, 0.15) is 0 Å². The van der Waals surface area contributed by atoms with E-state index in [9.17, 15) is 5.41 Å². The number of anilines is 3. The van der Waals surface area contributed by atoms with E-state index in [1.165, 1.54) is 44.8 Å². The molecule has 0 radical (unpaired) electrons. The lowest BCUT2D eigenvalue weighted by atomic mass is 9.64. The van der Waals surface area contributed by atoms with Crippen LogP contribution in [-0.4, -0.2) is 11.9 Å². The zero-order chi connectivity index (χ0) is 41.5. The average molecular weight is 792 g/mol. The number of hydrogen-bond acceptors (Lipinski definition) is 3. The summed E-state index contributed by atoms with van der Waals surface area (Å²) in [5.41, 5.74) is 18.9. The molecule has 3 nitrogen and oxygen atoms in total. The maximum Gasteiger partial charge on any atom is 0.0754 e. The molecule has 62 heavy (non-hydrogen) atoms. The van der Waals surface area contributed by atoms with Gasteiger partial charge in [-0.25, -0.2) is 0 Å². The van der Waals surface area contributed by atoms with Crippen LogP contribution in [0.2, 0.25) is 0 Å². The lowest BCUT2D eigenvalue weighted by Crippen LogP contribution is -2.36. The van der Waals surface area contributed by atoms with Gasteiger partial charge in [0, 0.05) is 23.0 Å². The number of hydrogen-bond donors (Lipinski definition) is 1. The number of rotatable bonds is 8. The zero-order valence-corrected chi connectivity index (χ0v) is 34.0. The van der Waals surface area contributed by atoms with Gasteiger partial charge in [-0.15, -0.1) is 0 Å². The lowest BCUT2D eigenvalue weighted by Gasteiger charge is -2.45. The van der Waals surface area contributed by atoms with Gasteiger partial charge >= 0.3 is 0 Å². The van der Waals surface area contributed by atoms with Crippen molar-refractivity contribution >= 4 is 34.7 Å². The quantitative estimate of drug-likeness (QED) is 0.153. The molecule has 1 N–H and O–H groups in total. The minimum absolute atomic E-state index is 0.399. The van der Waals surface area contributed by atoms with E-state index in [1.54, 1.807) is 0 Å². The highest BCUT2D eigenvalue weighted by molar-refractivity contribution is 6.11. The topological polar surface area (TPSA) is 39.5 Å². The van der Waals surface area contributed by atoms with Crippen molar-refractivity contribution in [1.29, 1.82) is 5.41 Å². The van der Waals surface area contributed by atoms with Gasteiger partial charge in [-0.2, -0.15) is 0 Å². The number of allylic oxidation sites excluding steroid dienone is 1. The van der Waals surface area contributed by atoms with Crippen molar-refractivity contribution in [2.45, 2.75) is 5.41 Å². The Morgan fingerprint density at radius 3 is 1.63 bits per heavy atom. The van der Waals surface area contributed by atoms with E-state index >= 15 is 0 Å². The molecule has 1 aliphatic carbocycles. The van der Waals surface area contributed by atoms with E-state index in [0.29, 0.717) is 5.71 Å². The number of aliphatic imine (C=N–C) groups is 1. The van der Waals surface area contributed by atoms with Crippen molar-refractivity contribution in [2.24, 2.45) is 4.99 Å². The summed E-state index contributed by atoms with van der Waals surface area (Å²) in [5, 5.41) is 9.18. The van der Waals surface area contributed by atoms with Gasteiger partial charge in [0.25, 0.3) is 0 Å². The van der Waals surface area contributed by atoms with Crippen LogP contribution in [0.3, 0.4) is 0 Å². The number of nitrogens with one attached hydrogen (secondary N) is 1. The normalized spacial score (nSPS) is 13.4. The molecular weight excluding hydrogens is 751 g/mol. The van der Waals surface area contributed by atoms with Crippen LogP contribution in [-0.2, 0) is 5.41 Å². The monoisotopic (exact) mass is 791 g/mol. The SMILES string of the molecule is N=C(/C=C(\N=Cc1ccccc1-c1ccc2c(c1)C1(c3ccccc3-2)c2ccccc2N(c2ccccc2)c2ccccc21)c1ccccc1)c1ccc(-c2ccccc2)cc1. The van der Waals surface area contributed by atoms with Gasteiger partial charge in [0.05, 0.1) is 28.2 Å². The second kappa shape index (κ2) is 15.5. The minimum Gasteiger partial charge on any atom is -0.310 e. The van der Waals surface area contributed by atoms with Crippen LogP contribution >= 0.6 is 0 Å². The molecular formula is C59H41N3. The van der Waals surface area contributed by atoms with Gasteiger partial charge in [-0.05, 0) is 97.6 Å². The molecule has 0 atom stereocenters. The summed E-state index contributed by atoms with van der Waals surface area (Å²) < 4.78 is 0. The smallest absolute Gasteiger partial charge is 0.0754 e. The van der Waals surface area contributed by atoms with Crippen LogP contribution < -0.4 is 4.90 Å². The molecule has 1 heterocycles. The van der Waals surface area contributed by atoms with E-state index in [0.717, 1.165) is 50.3 Å². The van der Waals surface area contributed by atoms with Crippen molar-refractivity contribution < 1.29 is 0 Å². The van der Waals surface area contributed by atoms with E-state index < -0.39 is 5.41 Å². The predicted octanol–water partition coefficient (Wildman–Crippen LogP) is 14.7. The first kappa shape index (κ1) is 36.9. The lowest BCUT2D eigenvalue weighted by molar-refractivity contribution is 0.753. The Morgan fingerprint density at radius 2 is 0.935 bits per heavy atom. The molecule has 11 rings (SSSR count). The summed E-state index contributed by atoms with van der Waals surface area (Å²) in [6.07, 6.45) is 3.83. The molecule has 3 heteroatoms. The van der Waals surface area contributed by atoms with E-state index in [2.05, 4.69) is 187 Å². The average Bonchev–Trinajstić information content (AvgIpc) is 3.64. The molecule has 0 unspecified atom stereocenters. The first-order chi connectivity index (χ1) is 30.7. The molecule has 0 saturated carbocycles. The maximum absolute atomic E-state index is 9.18.